The summed E-state index contributed by atoms with van der Waals surface area (Å²) in [5, 5.41) is 0. The van der Waals surface area contributed by atoms with Crippen LogP contribution in [0.1, 0.15) is 19.4 Å². The molecule has 1 aromatic rings. The van der Waals surface area contributed by atoms with Crippen LogP contribution in [0.25, 0.3) is 5.57 Å². The Kier molecular flexibility index (Phi) is 2.92. The summed E-state index contributed by atoms with van der Waals surface area (Å²) in [6.07, 6.45) is 2.09. The first-order valence-electron chi connectivity index (χ1n) is 4.05. The van der Waals surface area contributed by atoms with Crippen LogP contribution in [0.3, 0.4) is 0 Å². The van der Waals surface area contributed by atoms with Crippen molar-refractivity contribution in [1.82, 2.24) is 0 Å². The molecule has 12 heavy (non-hydrogen) atoms. The Bertz CT molecular complexity index is 287. The number of allylic oxidation sites excluding steroid dienone is 2. The van der Waals surface area contributed by atoms with Crippen molar-refractivity contribution in [3.63, 3.8) is 0 Å². The van der Waals surface area contributed by atoms with Gasteiger partial charge in [-0.2, -0.15) is 0 Å². The van der Waals surface area contributed by atoms with Crippen LogP contribution < -0.4 is 4.74 Å². The summed E-state index contributed by atoms with van der Waals surface area (Å²) < 4.78 is 5.12. The summed E-state index contributed by atoms with van der Waals surface area (Å²) in [5.41, 5.74) is 2.49. The van der Waals surface area contributed by atoms with Crippen LogP contribution in [0, 0.1) is 0 Å². The second-order valence-electron chi connectivity index (χ2n) is 2.70. The van der Waals surface area contributed by atoms with Gasteiger partial charge in [-0.15, -0.1) is 0 Å². The monoisotopic (exact) mass is 162 g/mol. The highest BCUT2D eigenvalue weighted by atomic mass is 16.5. The first-order chi connectivity index (χ1) is 5.77. The minimum absolute atomic E-state index is 0.911. The van der Waals surface area contributed by atoms with Crippen LogP contribution in [0.4, 0.5) is 0 Å². The van der Waals surface area contributed by atoms with Gasteiger partial charge in [-0.05, 0) is 37.1 Å². The lowest BCUT2D eigenvalue weighted by Gasteiger charge is -2.03. The fraction of sp³-hybridized carbons (Fsp3) is 0.273. The third kappa shape index (κ3) is 1.88. The Balaban J connectivity index is 3.02. The predicted octanol–water partition coefficient (Wildman–Crippen LogP) is 3.12. The minimum Gasteiger partial charge on any atom is -0.497 e. The van der Waals surface area contributed by atoms with E-state index in [4.69, 9.17) is 4.74 Å². The van der Waals surface area contributed by atoms with Crippen LogP contribution in [-0.4, -0.2) is 7.11 Å². The summed E-state index contributed by atoms with van der Waals surface area (Å²) >= 11 is 0. The molecule has 0 heterocycles. The number of ether oxygens (including phenoxy) is 1. The molecular weight excluding hydrogens is 148 g/mol. The Labute approximate surface area is 73.7 Å². The van der Waals surface area contributed by atoms with Gasteiger partial charge in [-0.1, -0.05) is 18.2 Å². The third-order valence-electron chi connectivity index (χ3n) is 1.96. The molecule has 0 N–H and O–H groups in total. The Morgan fingerprint density at radius 1 is 1.42 bits per heavy atom. The van der Waals surface area contributed by atoms with Gasteiger partial charge in [0.05, 0.1) is 7.11 Å². The SMILES string of the molecule is C/C=C(/C)c1cccc(OC)c1. The van der Waals surface area contributed by atoms with Gasteiger partial charge in [0.15, 0.2) is 0 Å². The number of hydrogen-bond donors (Lipinski definition) is 0. The van der Waals surface area contributed by atoms with Crippen molar-refractivity contribution in [2.45, 2.75) is 13.8 Å². The molecule has 0 spiro atoms. The number of methoxy groups -OCH3 is 1. The Morgan fingerprint density at radius 2 is 2.17 bits per heavy atom. The number of benzene rings is 1. The van der Waals surface area contributed by atoms with E-state index >= 15 is 0 Å². The van der Waals surface area contributed by atoms with E-state index < -0.39 is 0 Å². The van der Waals surface area contributed by atoms with E-state index in [0.717, 1.165) is 5.75 Å². The fourth-order valence-electron chi connectivity index (χ4n) is 1.04. The van der Waals surface area contributed by atoms with Gasteiger partial charge in [-0.25, -0.2) is 0 Å². The third-order valence-corrected chi connectivity index (χ3v) is 1.96. The molecule has 0 aliphatic heterocycles. The Hall–Kier alpha value is -1.24. The summed E-state index contributed by atoms with van der Waals surface area (Å²) in [7, 11) is 1.68. The van der Waals surface area contributed by atoms with Crippen molar-refractivity contribution in [2.24, 2.45) is 0 Å². The summed E-state index contributed by atoms with van der Waals surface area (Å²) in [5.74, 6) is 0.911. The molecule has 1 nitrogen and oxygen atoms in total. The average Bonchev–Trinajstić information content (AvgIpc) is 2.17. The topological polar surface area (TPSA) is 9.23 Å². The van der Waals surface area contributed by atoms with Crippen molar-refractivity contribution < 1.29 is 4.74 Å². The maximum Gasteiger partial charge on any atom is 0.119 e. The van der Waals surface area contributed by atoms with Gasteiger partial charge < -0.3 is 4.74 Å². The minimum atomic E-state index is 0.911. The molecule has 0 amide bonds. The van der Waals surface area contributed by atoms with Crippen molar-refractivity contribution in [3.05, 3.63) is 35.9 Å². The van der Waals surface area contributed by atoms with Gasteiger partial charge >= 0.3 is 0 Å². The van der Waals surface area contributed by atoms with E-state index in [9.17, 15) is 0 Å². The number of hydrogen-bond acceptors (Lipinski definition) is 1. The van der Waals surface area contributed by atoms with Crippen LogP contribution in [0.5, 0.6) is 5.75 Å². The van der Waals surface area contributed by atoms with Gasteiger partial charge in [-0.3, -0.25) is 0 Å². The molecular formula is C11H14O. The largest absolute Gasteiger partial charge is 0.497 e. The highest BCUT2D eigenvalue weighted by Gasteiger charge is 1.95. The second-order valence-corrected chi connectivity index (χ2v) is 2.70. The molecule has 0 saturated heterocycles. The van der Waals surface area contributed by atoms with Gasteiger partial charge in [0.25, 0.3) is 0 Å². The van der Waals surface area contributed by atoms with Crippen LogP contribution in [0.15, 0.2) is 30.3 Å². The second kappa shape index (κ2) is 3.96. The van der Waals surface area contributed by atoms with E-state index in [0.29, 0.717) is 0 Å². The van der Waals surface area contributed by atoms with E-state index in [1.54, 1.807) is 7.11 Å². The zero-order valence-corrected chi connectivity index (χ0v) is 7.79. The molecule has 0 aliphatic rings. The van der Waals surface area contributed by atoms with Crippen LogP contribution in [-0.2, 0) is 0 Å². The van der Waals surface area contributed by atoms with E-state index in [1.807, 2.05) is 25.1 Å². The Morgan fingerprint density at radius 3 is 2.75 bits per heavy atom. The molecule has 0 bridgehead atoms. The summed E-state index contributed by atoms with van der Waals surface area (Å²) in [6, 6.07) is 8.07. The highest BCUT2D eigenvalue weighted by Crippen LogP contribution is 2.18. The number of rotatable bonds is 2. The molecule has 1 heteroatoms. The molecule has 0 radical (unpaired) electrons. The lowest BCUT2D eigenvalue weighted by atomic mass is 10.1. The van der Waals surface area contributed by atoms with Gasteiger partial charge in [0.2, 0.25) is 0 Å². The molecule has 64 valence electrons. The molecule has 0 unspecified atom stereocenters. The quantitative estimate of drug-likeness (QED) is 0.649. The standard InChI is InChI=1S/C11H14O/c1-4-9(2)10-6-5-7-11(8-10)12-3/h4-8H,1-3H3/b9-4-. The summed E-state index contributed by atoms with van der Waals surface area (Å²) in [6.45, 7) is 4.13. The molecule has 1 aromatic carbocycles. The van der Waals surface area contributed by atoms with Gasteiger partial charge in [0, 0.05) is 0 Å². The van der Waals surface area contributed by atoms with Gasteiger partial charge in [0.1, 0.15) is 5.75 Å². The lowest BCUT2D eigenvalue weighted by molar-refractivity contribution is 0.414. The van der Waals surface area contributed by atoms with E-state index in [1.165, 1.54) is 11.1 Å². The smallest absolute Gasteiger partial charge is 0.119 e. The lowest BCUT2D eigenvalue weighted by Crippen LogP contribution is -1.84. The molecule has 0 fully saturated rings. The van der Waals surface area contributed by atoms with Crippen molar-refractivity contribution in [2.75, 3.05) is 7.11 Å². The van der Waals surface area contributed by atoms with Crippen LogP contribution >= 0.6 is 0 Å². The average molecular weight is 162 g/mol. The van der Waals surface area contributed by atoms with E-state index in [-0.39, 0.29) is 0 Å². The van der Waals surface area contributed by atoms with Crippen LogP contribution in [0.2, 0.25) is 0 Å². The van der Waals surface area contributed by atoms with E-state index in [2.05, 4.69) is 19.1 Å². The molecule has 0 saturated carbocycles. The normalized spacial score (nSPS) is 11.4. The first kappa shape index (κ1) is 8.85. The first-order valence-corrected chi connectivity index (χ1v) is 4.05. The zero-order valence-electron chi connectivity index (χ0n) is 7.79. The molecule has 1 rings (SSSR count). The maximum absolute atomic E-state index is 5.12. The van der Waals surface area contributed by atoms with Crippen molar-refractivity contribution in [1.29, 1.82) is 0 Å². The zero-order chi connectivity index (χ0) is 8.97. The maximum atomic E-state index is 5.12. The fourth-order valence-corrected chi connectivity index (χ4v) is 1.04. The molecule has 0 atom stereocenters. The highest BCUT2D eigenvalue weighted by molar-refractivity contribution is 5.64. The predicted molar refractivity (Wildman–Crippen MR) is 52.3 cm³/mol. The molecule has 0 aliphatic carbocycles. The van der Waals surface area contributed by atoms with Crippen molar-refractivity contribution >= 4 is 5.57 Å². The van der Waals surface area contributed by atoms with Crippen molar-refractivity contribution in [3.8, 4) is 5.75 Å². The summed E-state index contributed by atoms with van der Waals surface area (Å²) in [4.78, 5) is 0. The molecule has 0 aromatic heterocycles.